The normalized spacial score (nSPS) is 19.4. The van der Waals surface area contributed by atoms with Crippen molar-refractivity contribution in [3.8, 4) is 0 Å². The zero-order valence-electron chi connectivity index (χ0n) is 11.5. The van der Waals surface area contributed by atoms with Crippen molar-refractivity contribution in [1.82, 2.24) is 19.9 Å². The van der Waals surface area contributed by atoms with Crippen LogP contribution in [0.25, 0.3) is 0 Å². The smallest absolute Gasteiger partial charge is 0.251 e. The molecule has 0 saturated carbocycles. The molecular weight excluding hydrogens is 252 g/mol. The number of pyridine rings is 1. The fourth-order valence-electron chi connectivity index (χ4n) is 2.72. The summed E-state index contributed by atoms with van der Waals surface area (Å²) in [6.07, 6.45) is 2.85. The number of hydrogen-bond acceptors (Lipinski definition) is 4. The minimum atomic E-state index is -0.0596. The number of rotatable bonds is 3. The van der Waals surface area contributed by atoms with E-state index in [0.717, 1.165) is 43.3 Å². The van der Waals surface area contributed by atoms with E-state index in [2.05, 4.69) is 19.9 Å². The third kappa shape index (κ3) is 2.93. The summed E-state index contributed by atoms with van der Waals surface area (Å²) in [6.45, 7) is 4.65. The van der Waals surface area contributed by atoms with E-state index < -0.39 is 0 Å². The molecule has 1 saturated heterocycles. The molecule has 104 valence electrons. The van der Waals surface area contributed by atoms with Crippen molar-refractivity contribution in [3.63, 3.8) is 0 Å². The fourth-order valence-corrected chi connectivity index (χ4v) is 2.72. The summed E-state index contributed by atoms with van der Waals surface area (Å²) >= 11 is 0. The third-order valence-electron chi connectivity index (χ3n) is 3.66. The van der Waals surface area contributed by atoms with Crippen LogP contribution in [0.5, 0.6) is 0 Å². The lowest BCUT2D eigenvalue weighted by atomic mass is 10.1. The van der Waals surface area contributed by atoms with Gasteiger partial charge in [-0.2, -0.15) is 0 Å². The number of aromatic amines is 1. The summed E-state index contributed by atoms with van der Waals surface area (Å²) in [4.78, 5) is 25.6. The average Bonchev–Trinajstić information content (AvgIpc) is 2.87. The Kier molecular flexibility index (Phi) is 3.60. The first-order valence-electron chi connectivity index (χ1n) is 6.91. The second-order valence-electron chi connectivity index (χ2n) is 5.31. The number of nitrogens with zero attached hydrogens (tertiary/aromatic N) is 3. The second kappa shape index (κ2) is 5.54. The van der Waals surface area contributed by atoms with Crippen LogP contribution in [0.3, 0.4) is 0 Å². The van der Waals surface area contributed by atoms with E-state index in [1.165, 1.54) is 6.07 Å². The minimum Gasteiger partial charge on any atom is -0.310 e. The highest BCUT2D eigenvalue weighted by atomic mass is 16.1. The molecule has 3 heterocycles. The molecule has 1 aliphatic rings. The van der Waals surface area contributed by atoms with Crippen LogP contribution in [0.1, 0.15) is 29.6 Å². The SMILES string of the molecule is Cc1cc(=O)[nH]c(C2CCN(Cc3ccccn3)C2)n1. The van der Waals surface area contributed by atoms with E-state index in [-0.39, 0.29) is 5.56 Å². The largest absolute Gasteiger partial charge is 0.310 e. The Labute approximate surface area is 117 Å². The molecule has 5 heteroatoms. The van der Waals surface area contributed by atoms with E-state index in [4.69, 9.17) is 0 Å². The van der Waals surface area contributed by atoms with Crippen LogP contribution >= 0.6 is 0 Å². The zero-order valence-corrected chi connectivity index (χ0v) is 11.5. The van der Waals surface area contributed by atoms with Gasteiger partial charge in [0.2, 0.25) is 0 Å². The number of aryl methyl sites for hydroxylation is 1. The standard InChI is InChI=1S/C15H18N4O/c1-11-8-14(20)18-15(17-11)12-5-7-19(9-12)10-13-4-2-3-6-16-13/h2-4,6,8,12H,5,7,9-10H2,1H3,(H,17,18,20). The molecule has 1 aliphatic heterocycles. The Morgan fingerprint density at radius 1 is 1.45 bits per heavy atom. The Morgan fingerprint density at radius 2 is 2.35 bits per heavy atom. The highest BCUT2D eigenvalue weighted by molar-refractivity contribution is 5.08. The summed E-state index contributed by atoms with van der Waals surface area (Å²) in [5, 5.41) is 0. The van der Waals surface area contributed by atoms with Crippen LogP contribution in [0.4, 0.5) is 0 Å². The van der Waals surface area contributed by atoms with Crippen LogP contribution in [0.2, 0.25) is 0 Å². The minimum absolute atomic E-state index is 0.0596. The summed E-state index contributed by atoms with van der Waals surface area (Å²) < 4.78 is 0. The van der Waals surface area contributed by atoms with Crippen LogP contribution in [-0.2, 0) is 6.54 Å². The van der Waals surface area contributed by atoms with Crippen LogP contribution in [0.15, 0.2) is 35.3 Å². The molecule has 2 aromatic rings. The number of hydrogen-bond donors (Lipinski definition) is 1. The molecule has 0 aromatic carbocycles. The van der Waals surface area contributed by atoms with Gasteiger partial charge < -0.3 is 4.98 Å². The van der Waals surface area contributed by atoms with Crippen molar-refractivity contribution in [2.45, 2.75) is 25.8 Å². The quantitative estimate of drug-likeness (QED) is 0.917. The lowest BCUT2D eigenvalue weighted by Gasteiger charge is -2.15. The Hall–Kier alpha value is -2.01. The Bertz CT molecular complexity index is 638. The van der Waals surface area contributed by atoms with E-state index >= 15 is 0 Å². The number of nitrogens with one attached hydrogen (secondary N) is 1. The first-order valence-corrected chi connectivity index (χ1v) is 6.91. The van der Waals surface area contributed by atoms with Gasteiger partial charge in [-0.15, -0.1) is 0 Å². The van der Waals surface area contributed by atoms with Crippen molar-refractivity contribution in [2.24, 2.45) is 0 Å². The van der Waals surface area contributed by atoms with Gasteiger partial charge in [0.1, 0.15) is 5.82 Å². The summed E-state index contributed by atoms with van der Waals surface area (Å²) in [5.74, 6) is 1.13. The average molecular weight is 270 g/mol. The molecule has 3 rings (SSSR count). The molecule has 1 N–H and O–H groups in total. The van der Waals surface area contributed by atoms with E-state index in [1.54, 1.807) is 0 Å². The monoisotopic (exact) mass is 270 g/mol. The lowest BCUT2D eigenvalue weighted by Crippen LogP contribution is -2.21. The molecular formula is C15H18N4O. The molecule has 20 heavy (non-hydrogen) atoms. The molecule has 0 bridgehead atoms. The summed E-state index contributed by atoms with van der Waals surface area (Å²) in [6, 6.07) is 7.51. The van der Waals surface area contributed by atoms with Crippen LogP contribution < -0.4 is 5.56 Å². The highest BCUT2D eigenvalue weighted by Gasteiger charge is 2.25. The van der Waals surface area contributed by atoms with Gasteiger partial charge in [0, 0.05) is 37.0 Å². The number of likely N-dealkylation sites (tertiary alicyclic amines) is 1. The first kappa shape index (κ1) is 13.0. The second-order valence-corrected chi connectivity index (χ2v) is 5.31. The predicted molar refractivity (Wildman–Crippen MR) is 76.5 cm³/mol. The molecule has 0 spiro atoms. The molecule has 1 unspecified atom stereocenters. The molecule has 1 atom stereocenters. The fraction of sp³-hybridized carbons (Fsp3) is 0.400. The first-order chi connectivity index (χ1) is 9.70. The number of H-pyrrole nitrogens is 1. The van der Waals surface area contributed by atoms with Crippen molar-refractivity contribution in [2.75, 3.05) is 13.1 Å². The molecule has 0 radical (unpaired) electrons. The summed E-state index contributed by atoms with van der Waals surface area (Å²) in [7, 11) is 0. The lowest BCUT2D eigenvalue weighted by molar-refractivity contribution is 0.321. The van der Waals surface area contributed by atoms with Gasteiger partial charge in [-0.3, -0.25) is 14.7 Å². The Balaban J connectivity index is 1.69. The van der Waals surface area contributed by atoms with E-state index in [0.29, 0.717) is 5.92 Å². The maximum Gasteiger partial charge on any atom is 0.251 e. The van der Waals surface area contributed by atoms with Crippen molar-refractivity contribution in [3.05, 3.63) is 58.0 Å². The Morgan fingerprint density at radius 3 is 3.10 bits per heavy atom. The van der Waals surface area contributed by atoms with Gasteiger partial charge in [0.25, 0.3) is 5.56 Å². The van der Waals surface area contributed by atoms with Crippen LogP contribution in [0, 0.1) is 6.92 Å². The van der Waals surface area contributed by atoms with Gasteiger partial charge in [0.15, 0.2) is 0 Å². The van der Waals surface area contributed by atoms with Gasteiger partial charge in [-0.1, -0.05) is 6.07 Å². The molecule has 5 nitrogen and oxygen atoms in total. The van der Waals surface area contributed by atoms with Crippen molar-refractivity contribution >= 4 is 0 Å². The van der Waals surface area contributed by atoms with E-state index in [9.17, 15) is 4.79 Å². The summed E-state index contributed by atoms with van der Waals surface area (Å²) in [5.41, 5.74) is 1.81. The van der Waals surface area contributed by atoms with Crippen molar-refractivity contribution < 1.29 is 0 Å². The zero-order chi connectivity index (χ0) is 13.9. The molecule has 1 fully saturated rings. The molecule has 0 amide bonds. The predicted octanol–water partition coefficient (Wildman–Crippen LogP) is 1.46. The topological polar surface area (TPSA) is 61.9 Å². The van der Waals surface area contributed by atoms with Gasteiger partial charge >= 0.3 is 0 Å². The van der Waals surface area contributed by atoms with Crippen LogP contribution in [-0.4, -0.2) is 32.9 Å². The maximum atomic E-state index is 11.5. The molecule has 0 aliphatic carbocycles. The molecule has 2 aromatic heterocycles. The maximum absolute atomic E-state index is 11.5. The third-order valence-corrected chi connectivity index (χ3v) is 3.66. The van der Waals surface area contributed by atoms with Gasteiger partial charge in [-0.25, -0.2) is 4.98 Å². The van der Waals surface area contributed by atoms with Crippen molar-refractivity contribution in [1.29, 1.82) is 0 Å². The highest BCUT2D eigenvalue weighted by Crippen LogP contribution is 2.25. The van der Waals surface area contributed by atoms with E-state index in [1.807, 2.05) is 31.3 Å². The van der Waals surface area contributed by atoms with Gasteiger partial charge in [0.05, 0.1) is 5.69 Å². The van der Waals surface area contributed by atoms with Gasteiger partial charge in [-0.05, 0) is 32.0 Å². The number of aromatic nitrogens is 3.